The Kier molecular flexibility index (Phi) is 6.12. The zero-order valence-corrected chi connectivity index (χ0v) is 19.3. The van der Waals surface area contributed by atoms with Crippen molar-refractivity contribution in [2.75, 3.05) is 0 Å². The van der Waals surface area contributed by atoms with Crippen LogP contribution in [0.5, 0.6) is 5.75 Å². The van der Waals surface area contributed by atoms with E-state index >= 15 is 0 Å². The van der Waals surface area contributed by atoms with Gasteiger partial charge in [0.2, 0.25) is 11.8 Å². The standard InChI is InChI=1S/C28H27N3O3/c1-3-7-23-18(2)26(30-31-27(23)32)21-12-15-24-25(16-21)34-28(29-24)20-10-13-22(14-11-20)33-17-19-8-5-4-6-9-19/h4-6,8-16,18,23H,3,7,17H2,1-2H3,(H,31,32)/t18-,23-/m0/s1. The van der Waals surface area contributed by atoms with Gasteiger partial charge in [0.25, 0.3) is 0 Å². The van der Waals surface area contributed by atoms with E-state index in [2.05, 4.69) is 29.4 Å². The summed E-state index contributed by atoms with van der Waals surface area (Å²) >= 11 is 0. The van der Waals surface area contributed by atoms with Gasteiger partial charge in [-0.2, -0.15) is 5.10 Å². The summed E-state index contributed by atoms with van der Waals surface area (Å²) in [5.74, 6) is 1.31. The van der Waals surface area contributed by atoms with Crippen molar-refractivity contribution in [1.82, 2.24) is 10.4 Å². The first kappa shape index (κ1) is 21.9. The fourth-order valence-electron chi connectivity index (χ4n) is 4.38. The van der Waals surface area contributed by atoms with Crippen molar-refractivity contribution in [3.8, 4) is 17.2 Å². The van der Waals surface area contributed by atoms with Gasteiger partial charge in [0.05, 0.1) is 5.71 Å². The van der Waals surface area contributed by atoms with Crippen LogP contribution in [0.4, 0.5) is 0 Å². The molecule has 2 atom stereocenters. The quantitative estimate of drug-likeness (QED) is 0.375. The number of benzene rings is 3. The van der Waals surface area contributed by atoms with Crippen LogP contribution in [-0.2, 0) is 11.4 Å². The Hall–Kier alpha value is -3.93. The van der Waals surface area contributed by atoms with Crippen molar-refractivity contribution in [1.29, 1.82) is 0 Å². The van der Waals surface area contributed by atoms with Crippen LogP contribution in [0.25, 0.3) is 22.6 Å². The Balaban J connectivity index is 1.34. The molecule has 0 radical (unpaired) electrons. The average Bonchev–Trinajstić information content (AvgIpc) is 3.30. The molecule has 0 saturated carbocycles. The van der Waals surface area contributed by atoms with Gasteiger partial charge in [-0.15, -0.1) is 0 Å². The van der Waals surface area contributed by atoms with Crippen molar-refractivity contribution in [3.05, 3.63) is 83.9 Å². The number of fused-ring (bicyclic) bond motifs is 1. The second-order valence-electron chi connectivity index (χ2n) is 8.66. The molecular weight excluding hydrogens is 426 g/mol. The van der Waals surface area contributed by atoms with E-state index in [0.717, 1.165) is 46.5 Å². The Bertz CT molecular complexity index is 1330. The number of hydrazone groups is 1. The monoisotopic (exact) mass is 453 g/mol. The van der Waals surface area contributed by atoms with E-state index in [-0.39, 0.29) is 17.7 Å². The lowest BCUT2D eigenvalue weighted by Crippen LogP contribution is -2.40. The molecule has 6 heteroatoms. The van der Waals surface area contributed by atoms with Crippen LogP contribution in [0.3, 0.4) is 0 Å². The molecule has 1 N–H and O–H groups in total. The fraction of sp³-hybridized carbons (Fsp3) is 0.250. The third-order valence-corrected chi connectivity index (χ3v) is 6.29. The Labute approximate surface area is 198 Å². The van der Waals surface area contributed by atoms with Crippen LogP contribution in [0.2, 0.25) is 0 Å². The average molecular weight is 454 g/mol. The third-order valence-electron chi connectivity index (χ3n) is 6.29. The van der Waals surface area contributed by atoms with Crippen molar-refractivity contribution >= 4 is 22.7 Å². The van der Waals surface area contributed by atoms with Gasteiger partial charge in [0, 0.05) is 23.0 Å². The topological polar surface area (TPSA) is 76.7 Å². The number of oxazole rings is 1. The molecule has 0 bridgehead atoms. The summed E-state index contributed by atoms with van der Waals surface area (Å²) < 4.78 is 12.0. The van der Waals surface area contributed by atoms with E-state index in [4.69, 9.17) is 9.15 Å². The normalized spacial score (nSPS) is 17.9. The third kappa shape index (κ3) is 4.44. The summed E-state index contributed by atoms with van der Waals surface area (Å²) in [6.45, 7) is 4.68. The van der Waals surface area contributed by atoms with Crippen molar-refractivity contribution in [3.63, 3.8) is 0 Å². The number of hydrogen-bond acceptors (Lipinski definition) is 5. The molecule has 2 heterocycles. The molecule has 0 saturated heterocycles. The largest absolute Gasteiger partial charge is 0.489 e. The molecule has 6 nitrogen and oxygen atoms in total. The Morgan fingerprint density at radius 1 is 1.00 bits per heavy atom. The second-order valence-corrected chi connectivity index (χ2v) is 8.66. The smallest absolute Gasteiger partial charge is 0.243 e. The lowest BCUT2D eigenvalue weighted by Gasteiger charge is -2.27. The van der Waals surface area contributed by atoms with E-state index in [0.29, 0.717) is 18.1 Å². The highest BCUT2D eigenvalue weighted by Gasteiger charge is 2.32. The van der Waals surface area contributed by atoms with Crippen LogP contribution in [0.1, 0.15) is 37.8 Å². The molecule has 0 spiro atoms. The van der Waals surface area contributed by atoms with Gasteiger partial charge < -0.3 is 9.15 Å². The summed E-state index contributed by atoms with van der Waals surface area (Å²) in [6.07, 6.45) is 1.79. The van der Waals surface area contributed by atoms with Crippen molar-refractivity contribution < 1.29 is 13.9 Å². The van der Waals surface area contributed by atoms with Crippen LogP contribution in [0, 0.1) is 11.8 Å². The Morgan fingerprint density at radius 3 is 2.53 bits per heavy atom. The van der Waals surface area contributed by atoms with E-state index in [1.807, 2.05) is 72.8 Å². The molecular formula is C28H27N3O3. The molecule has 0 fully saturated rings. The number of nitrogens with one attached hydrogen (secondary N) is 1. The highest BCUT2D eigenvalue weighted by Crippen LogP contribution is 2.30. The zero-order valence-electron chi connectivity index (χ0n) is 19.3. The van der Waals surface area contributed by atoms with Gasteiger partial charge >= 0.3 is 0 Å². The SMILES string of the molecule is CCC[C@@H]1C(=O)NN=C(c2ccc3nc(-c4ccc(OCc5ccccc5)cc4)oc3c2)[C@H]1C. The number of nitrogens with zero attached hydrogens (tertiary/aromatic N) is 2. The highest BCUT2D eigenvalue weighted by molar-refractivity contribution is 6.07. The molecule has 4 aromatic rings. The van der Waals surface area contributed by atoms with E-state index in [1.54, 1.807) is 0 Å². The van der Waals surface area contributed by atoms with Crippen molar-refractivity contribution in [2.45, 2.75) is 33.3 Å². The Morgan fingerprint density at radius 2 is 1.76 bits per heavy atom. The number of hydrogen-bond donors (Lipinski definition) is 1. The van der Waals surface area contributed by atoms with E-state index in [1.165, 1.54) is 0 Å². The summed E-state index contributed by atoms with van der Waals surface area (Å²) in [5.41, 5.74) is 7.97. The minimum absolute atomic E-state index is 0.00248. The second kappa shape index (κ2) is 9.51. The van der Waals surface area contributed by atoms with Crippen LogP contribution in [0.15, 0.2) is 82.3 Å². The molecule has 34 heavy (non-hydrogen) atoms. The van der Waals surface area contributed by atoms with Gasteiger partial charge in [-0.25, -0.2) is 10.4 Å². The summed E-state index contributed by atoms with van der Waals surface area (Å²) in [4.78, 5) is 16.9. The first-order valence-electron chi connectivity index (χ1n) is 11.7. The molecule has 1 amide bonds. The van der Waals surface area contributed by atoms with Gasteiger partial charge in [0.15, 0.2) is 5.58 Å². The molecule has 3 aromatic carbocycles. The lowest BCUT2D eigenvalue weighted by molar-refractivity contribution is -0.126. The summed E-state index contributed by atoms with van der Waals surface area (Å²) in [6, 6.07) is 23.7. The highest BCUT2D eigenvalue weighted by atomic mass is 16.5. The van der Waals surface area contributed by atoms with E-state index < -0.39 is 0 Å². The molecule has 1 aliphatic heterocycles. The number of aromatic nitrogens is 1. The molecule has 1 aliphatic rings. The maximum Gasteiger partial charge on any atom is 0.243 e. The van der Waals surface area contributed by atoms with Crippen LogP contribution < -0.4 is 10.2 Å². The molecule has 5 rings (SSSR count). The van der Waals surface area contributed by atoms with Gasteiger partial charge in [-0.3, -0.25) is 4.79 Å². The predicted octanol–water partition coefficient (Wildman–Crippen LogP) is 5.96. The van der Waals surface area contributed by atoms with Crippen LogP contribution >= 0.6 is 0 Å². The fourth-order valence-corrected chi connectivity index (χ4v) is 4.38. The van der Waals surface area contributed by atoms with Crippen LogP contribution in [-0.4, -0.2) is 16.6 Å². The van der Waals surface area contributed by atoms with Gasteiger partial charge in [-0.1, -0.05) is 56.7 Å². The summed E-state index contributed by atoms with van der Waals surface area (Å²) in [5, 5.41) is 4.36. The maximum absolute atomic E-state index is 12.2. The minimum atomic E-state index is -0.0684. The molecule has 1 aromatic heterocycles. The van der Waals surface area contributed by atoms with E-state index in [9.17, 15) is 4.79 Å². The van der Waals surface area contributed by atoms with Gasteiger partial charge in [-0.05, 0) is 48.4 Å². The molecule has 172 valence electrons. The number of carbonyl (C=O) groups is 1. The first-order valence-corrected chi connectivity index (χ1v) is 11.7. The van der Waals surface area contributed by atoms with Crippen molar-refractivity contribution in [2.24, 2.45) is 16.9 Å². The number of ether oxygens (including phenoxy) is 1. The number of carbonyl (C=O) groups excluding carboxylic acids is 1. The van der Waals surface area contributed by atoms with Gasteiger partial charge in [0.1, 0.15) is 17.9 Å². The number of amides is 1. The molecule has 0 unspecified atom stereocenters. The lowest BCUT2D eigenvalue weighted by atomic mass is 9.82. The molecule has 0 aliphatic carbocycles. The maximum atomic E-state index is 12.2. The first-order chi connectivity index (χ1) is 16.6. The minimum Gasteiger partial charge on any atom is -0.489 e. The predicted molar refractivity (Wildman–Crippen MR) is 132 cm³/mol. The number of rotatable bonds is 7. The summed E-state index contributed by atoms with van der Waals surface area (Å²) in [7, 11) is 0. The zero-order chi connectivity index (χ0) is 23.5.